The summed E-state index contributed by atoms with van der Waals surface area (Å²) in [5, 5.41) is 7.14. The van der Waals surface area contributed by atoms with Crippen molar-refractivity contribution in [2.45, 2.75) is 19.9 Å². The normalized spacial score (nSPS) is 15.2. The summed E-state index contributed by atoms with van der Waals surface area (Å²) in [5.74, 6) is -0.305. The number of pyridine rings is 2. The number of fused-ring (bicyclic) bond motifs is 1. The Kier molecular flexibility index (Phi) is 5.11. The van der Waals surface area contributed by atoms with Crippen LogP contribution in [0.25, 0.3) is 33.5 Å². The van der Waals surface area contributed by atoms with Gasteiger partial charge in [0.05, 0.1) is 28.6 Å². The maximum Gasteiger partial charge on any atom is 0.132 e. The van der Waals surface area contributed by atoms with Crippen LogP contribution in [-0.4, -0.2) is 57.3 Å². The van der Waals surface area contributed by atoms with E-state index in [1.54, 1.807) is 24.4 Å². The van der Waals surface area contributed by atoms with Crippen molar-refractivity contribution in [3.8, 4) is 22.5 Å². The van der Waals surface area contributed by atoms with Crippen molar-refractivity contribution < 1.29 is 4.39 Å². The van der Waals surface area contributed by atoms with Crippen molar-refractivity contribution in [3.05, 3.63) is 60.7 Å². The molecule has 31 heavy (non-hydrogen) atoms. The van der Waals surface area contributed by atoms with Gasteiger partial charge in [-0.25, -0.2) is 9.37 Å². The molecule has 0 bridgehead atoms. The number of halogens is 1. The monoisotopic (exact) mass is 416 g/mol. The number of aromatic nitrogens is 4. The lowest BCUT2D eigenvalue weighted by Gasteiger charge is -2.38. The number of hydrogen-bond acceptors (Lipinski definition) is 5. The van der Waals surface area contributed by atoms with Crippen molar-refractivity contribution in [2.75, 3.05) is 31.1 Å². The molecule has 4 aromatic rings. The fourth-order valence-electron chi connectivity index (χ4n) is 4.16. The van der Waals surface area contributed by atoms with E-state index < -0.39 is 0 Å². The molecule has 158 valence electrons. The van der Waals surface area contributed by atoms with E-state index >= 15 is 0 Å². The summed E-state index contributed by atoms with van der Waals surface area (Å²) in [6, 6.07) is 13.2. The molecular formula is C24H25FN6. The summed E-state index contributed by atoms with van der Waals surface area (Å²) >= 11 is 0. The molecule has 1 aliphatic rings. The molecular weight excluding hydrogens is 391 g/mol. The molecule has 0 radical (unpaired) electrons. The van der Waals surface area contributed by atoms with Crippen molar-refractivity contribution in [3.63, 3.8) is 0 Å². The van der Waals surface area contributed by atoms with Crippen LogP contribution in [0.5, 0.6) is 0 Å². The van der Waals surface area contributed by atoms with Gasteiger partial charge in [-0.05, 0) is 44.2 Å². The number of rotatable bonds is 4. The fraction of sp³-hybridized carbons (Fsp3) is 0.292. The molecule has 0 aliphatic carbocycles. The Hall–Kier alpha value is -3.32. The molecule has 1 N–H and O–H groups in total. The first-order chi connectivity index (χ1) is 15.1. The Bertz CT molecular complexity index is 1210. The topological polar surface area (TPSA) is 60.9 Å². The van der Waals surface area contributed by atoms with Crippen molar-refractivity contribution in [1.29, 1.82) is 0 Å². The first-order valence-corrected chi connectivity index (χ1v) is 10.6. The quantitative estimate of drug-likeness (QED) is 0.536. The van der Waals surface area contributed by atoms with Crippen molar-refractivity contribution in [1.82, 2.24) is 25.1 Å². The van der Waals surface area contributed by atoms with Crippen molar-refractivity contribution >= 4 is 16.7 Å². The molecule has 7 heteroatoms. The van der Waals surface area contributed by atoms with E-state index in [2.05, 4.69) is 44.9 Å². The van der Waals surface area contributed by atoms with E-state index in [1.165, 1.54) is 6.07 Å². The van der Waals surface area contributed by atoms with E-state index in [0.29, 0.717) is 17.3 Å². The molecule has 5 rings (SSSR count). The summed E-state index contributed by atoms with van der Waals surface area (Å²) in [4.78, 5) is 14.3. The number of nitrogens with one attached hydrogen (secondary N) is 1. The highest BCUT2D eigenvalue weighted by atomic mass is 19.1. The summed E-state index contributed by atoms with van der Waals surface area (Å²) in [6.07, 6.45) is 3.69. The van der Waals surface area contributed by atoms with Crippen LogP contribution in [0.1, 0.15) is 13.8 Å². The van der Waals surface area contributed by atoms with Gasteiger partial charge in [-0.15, -0.1) is 0 Å². The number of hydrogen-bond donors (Lipinski definition) is 1. The lowest BCUT2D eigenvalue weighted by Crippen LogP contribution is -2.48. The zero-order valence-corrected chi connectivity index (χ0v) is 17.7. The molecule has 4 heterocycles. The minimum atomic E-state index is -0.305. The molecule has 6 nitrogen and oxygen atoms in total. The second-order valence-electron chi connectivity index (χ2n) is 8.17. The van der Waals surface area contributed by atoms with Gasteiger partial charge in [0.25, 0.3) is 0 Å². The Morgan fingerprint density at radius 1 is 0.968 bits per heavy atom. The highest BCUT2D eigenvalue weighted by Crippen LogP contribution is 2.31. The van der Waals surface area contributed by atoms with Crippen LogP contribution in [0.15, 0.2) is 54.9 Å². The van der Waals surface area contributed by atoms with Crippen LogP contribution in [0.2, 0.25) is 0 Å². The van der Waals surface area contributed by atoms with E-state index in [4.69, 9.17) is 4.98 Å². The number of H-pyrrole nitrogens is 1. The highest BCUT2D eigenvalue weighted by molar-refractivity contribution is 5.84. The van der Waals surface area contributed by atoms with Crippen LogP contribution in [-0.2, 0) is 0 Å². The van der Waals surface area contributed by atoms with E-state index in [9.17, 15) is 4.39 Å². The zero-order chi connectivity index (χ0) is 21.4. The zero-order valence-electron chi connectivity index (χ0n) is 17.7. The fourth-order valence-corrected chi connectivity index (χ4v) is 4.16. The Morgan fingerprint density at radius 2 is 1.77 bits per heavy atom. The average molecular weight is 417 g/mol. The Labute approximate surface area is 180 Å². The van der Waals surface area contributed by atoms with E-state index in [1.807, 2.05) is 18.3 Å². The maximum absolute atomic E-state index is 14.3. The minimum Gasteiger partial charge on any atom is -0.368 e. The number of anilines is 1. The number of aromatic amines is 1. The molecule has 1 fully saturated rings. The molecule has 1 saturated heterocycles. The molecule has 3 aromatic heterocycles. The average Bonchev–Trinajstić information content (AvgIpc) is 3.28. The summed E-state index contributed by atoms with van der Waals surface area (Å²) in [5.41, 5.74) is 5.26. The van der Waals surface area contributed by atoms with Gasteiger partial charge in [0.2, 0.25) is 0 Å². The lowest BCUT2D eigenvalue weighted by atomic mass is 10.0. The van der Waals surface area contributed by atoms with Crippen LogP contribution in [0, 0.1) is 5.82 Å². The predicted octanol–water partition coefficient (Wildman–Crippen LogP) is 4.36. The first-order valence-electron chi connectivity index (χ1n) is 10.6. The smallest absolute Gasteiger partial charge is 0.132 e. The van der Waals surface area contributed by atoms with Crippen molar-refractivity contribution in [2.24, 2.45) is 0 Å². The van der Waals surface area contributed by atoms with Crippen LogP contribution in [0.3, 0.4) is 0 Å². The third kappa shape index (κ3) is 3.77. The number of piperazine rings is 1. The summed E-state index contributed by atoms with van der Waals surface area (Å²) < 4.78 is 14.3. The number of benzene rings is 1. The molecule has 0 spiro atoms. The van der Waals surface area contributed by atoms with E-state index in [-0.39, 0.29) is 5.82 Å². The van der Waals surface area contributed by atoms with Gasteiger partial charge in [-0.3, -0.25) is 15.0 Å². The minimum absolute atomic E-state index is 0.305. The van der Waals surface area contributed by atoms with Crippen LogP contribution in [0.4, 0.5) is 10.1 Å². The van der Waals surface area contributed by atoms with Gasteiger partial charge in [-0.1, -0.05) is 12.1 Å². The van der Waals surface area contributed by atoms with E-state index in [0.717, 1.165) is 54.2 Å². The highest BCUT2D eigenvalue weighted by Gasteiger charge is 2.20. The van der Waals surface area contributed by atoms with Gasteiger partial charge >= 0.3 is 0 Å². The van der Waals surface area contributed by atoms with Gasteiger partial charge in [0.1, 0.15) is 11.5 Å². The van der Waals surface area contributed by atoms with Gasteiger partial charge in [0, 0.05) is 49.5 Å². The molecule has 1 aromatic carbocycles. The first kappa shape index (κ1) is 19.6. The second-order valence-corrected chi connectivity index (χ2v) is 8.17. The third-order valence-electron chi connectivity index (χ3n) is 5.98. The molecule has 0 saturated carbocycles. The predicted molar refractivity (Wildman–Crippen MR) is 121 cm³/mol. The molecule has 0 amide bonds. The SMILES string of the molecule is CC(C)N1CCN(c2cnc3ccc(-c4c[nH]nc4-c4ccccc4F)nc3c2)CC1. The largest absolute Gasteiger partial charge is 0.368 e. The Morgan fingerprint density at radius 3 is 2.55 bits per heavy atom. The van der Waals surface area contributed by atoms with Crippen LogP contribution < -0.4 is 4.90 Å². The lowest BCUT2D eigenvalue weighted by molar-refractivity contribution is 0.209. The second kappa shape index (κ2) is 8.07. The Balaban J connectivity index is 1.48. The third-order valence-corrected chi connectivity index (χ3v) is 5.98. The van der Waals surface area contributed by atoms with Gasteiger partial charge < -0.3 is 4.90 Å². The maximum atomic E-state index is 14.3. The standard InChI is InChI=1S/C24H25FN6/c1-16(2)30-9-11-31(12-10-30)17-13-23-22(26-14-17)8-7-21(28-23)19-15-27-29-24(19)18-5-3-4-6-20(18)25/h3-8,13-16H,9-12H2,1-2H3,(H,27,29). The molecule has 1 aliphatic heterocycles. The summed E-state index contributed by atoms with van der Waals surface area (Å²) in [6.45, 7) is 8.52. The van der Waals surface area contributed by atoms with Gasteiger partial charge in [-0.2, -0.15) is 5.10 Å². The summed E-state index contributed by atoms with van der Waals surface area (Å²) in [7, 11) is 0. The molecule has 0 atom stereocenters. The van der Waals surface area contributed by atoms with Crippen LogP contribution >= 0.6 is 0 Å². The molecule has 0 unspecified atom stereocenters. The van der Waals surface area contributed by atoms with Gasteiger partial charge in [0.15, 0.2) is 0 Å². The number of nitrogens with zero attached hydrogens (tertiary/aromatic N) is 5.